The first kappa shape index (κ1) is 32.7. The Hall–Kier alpha value is -7.47. The molecular weight excluding hydrogens is 727 g/mol. The third-order valence-corrected chi connectivity index (χ3v) is 12.5. The Morgan fingerprint density at radius 2 is 0.966 bits per heavy atom. The van der Waals surface area contributed by atoms with E-state index in [9.17, 15) is 0 Å². The van der Waals surface area contributed by atoms with Crippen LogP contribution in [-0.4, -0.2) is 15.0 Å². The predicted molar refractivity (Wildman–Crippen MR) is 242 cm³/mol. The van der Waals surface area contributed by atoms with Crippen LogP contribution in [0.3, 0.4) is 0 Å². The smallest absolute Gasteiger partial charge is 0.164 e. The molecule has 0 N–H and O–H groups in total. The quantitative estimate of drug-likeness (QED) is 0.164. The average molecular weight is 758 g/mol. The minimum atomic E-state index is 0.615. The topological polar surface area (TPSA) is 51.8 Å². The molecule has 0 amide bonds. The van der Waals surface area contributed by atoms with E-state index in [2.05, 4.69) is 170 Å². The van der Waals surface area contributed by atoms with Crippen LogP contribution >= 0.6 is 11.3 Å². The summed E-state index contributed by atoms with van der Waals surface area (Å²) in [5, 5.41) is 9.44. The van der Waals surface area contributed by atoms with E-state index in [0.29, 0.717) is 17.5 Å². The average Bonchev–Trinajstić information content (AvgIpc) is 3.87. The molecule has 0 saturated heterocycles. The summed E-state index contributed by atoms with van der Waals surface area (Å²) in [6.07, 6.45) is 0. The third kappa shape index (κ3) is 5.18. The fourth-order valence-electron chi connectivity index (χ4n) is 8.72. The predicted octanol–water partition coefficient (Wildman–Crippen LogP) is 14.8. The van der Waals surface area contributed by atoms with Crippen molar-refractivity contribution in [1.82, 2.24) is 15.0 Å². The van der Waals surface area contributed by atoms with Gasteiger partial charge >= 0.3 is 0 Å². The lowest BCUT2D eigenvalue weighted by Gasteiger charge is -2.13. The Kier molecular flexibility index (Phi) is 7.37. The number of hydrogen-bond acceptors (Lipinski definition) is 5. The van der Waals surface area contributed by atoms with Crippen molar-refractivity contribution in [1.29, 1.82) is 0 Å². The highest BCUT2D eigenvalue weighted by atomic mass is 32.1. The summed E-state index contributed by atoms with van der Waals surface area (Å²) in [5.74, 6) is 1.89. The number of fused-ring (bicyclic) bond motifs is 9. The lowest BCUT2D eigenvalue weighted by molar-refractivity contribution is 0.669. The maximum Gasteiger partial charge on any atom is 0.164 e. The van der Waals surface area contributed by atoms with Crippen molar-refractivity contribution < 1.29 is 4.42 Å². The Balaban J connectivity index is 1.08. The number of rotatable bonds is 5. The second-order valence-corrected chi connectivity index (χ2v) is 15.8. The molecular formula is C53H31N3OS. The lowest BCUT2D eigenvalue weighted by Crippen LogP contribution is -2.01. The van der Waals surface area contributed by atoms with Gasteiger partial charge in [0.25, 0.3) is 0 Å². The van der Waals surface area contributed by atoms with Crippen molar-refractivity contribution >= 4 is 75.0 Å². The molecule has 0 unspecified atom stereocenters. The molecule has 3 aromatic heterocycles. The van der Waals surface area contributed by atoms with Crippen molar-refractivity contribution in [2.45, 2.75) is 0 Å². The normalized spacial score (nSPS) is 11.8. The van der Waals surface area contributed by atoms with E-state index in [-0.39, 0.29) is 0 Å². The summed E-state index contributed by atoms with van der Waals surface area (Å²) in [6.45, 7) is 0. The molecule has 12 aromatic rings. The molecule has 0 radical (unpaired) electrons. The van der Waals surface area contributed by atoms with Gasteiger partial charge in [0, 0.05) is 47.6 Å². The van der Waals surface area contributed by atoms with E-state index < -0.39 is 0 Å². The Morgan fingerprint density at radius 3 is 1.84 bits per heavy atom. The van der Waals surface area contributed by atoms with Crippen LogP contribution in [0.4, 0.5) is 0 Å². The van der Waals surface area contributed by atoms with Gasteiger partial charge in [-0.05, 0) is 80.2 Å². The number of aromatic nitrogens is 3. The Labute approximate surface area is 337 Å². The second kappa shape index (κ2) is 13.1. The zero-order valence-electron chi connectivity index (χ0n) is 31.1. The number of thiophene rings is 1. The summed E-state index contributed by atoms with van der Waals surface area (Å²) in [6, 6.07) is 66.2. The first-order chi connectivity index (χ1) is 28.7. The van der Waals surface area contributed by atoms with Gasteiger partial charge in [-0.3, -0.25) is 0 Å². The van der Waals surface area contributed by atoms with E-state index >= 15 is 0 Å². The number of nitrogens with zero attached hydrogens (tertiary/aromatic N) is 3. The van der Waals surface area contributed by atoms with Gasteiger partial charge in [0.2, 0.25) is 0 Å². The standard InChI is InChI=1S/C53H31N3OS/c1-2-14-32(15-3-1)51-54-52(56-53(55-51)42-24-13-27-48-50(42)41-22-10-11-26-47(41)58-48)40-21-9-8-20-38(40)39-23-12-25-46-49(39)44-31-34(28-29-45(44)57-46)43-30-33-16-4-5-17-35(33)36-18-6-7-19-37(36)43/h1-31H. The van der Waals surface area contributed by atoms with Crippen molar-refractivity contribution in [3.63, 3.8) is 0 Å². The van der Waals surface area contributed by atoms with Gasteiger partial charge in [-0.2, -0.15) is 0 Å². The second-order valence-electron chi connectivity index (χ2n) is 14.7. The van der Waals surface area contributed by atoms with Crippen molar-refractivity contribution in [3.8, 4) is 56.4 Å². The molecule has 0 bridgehead atoms. The highest BCUT2D eigenvalue weighted by molar-refractivity contribution is 7.25. The van der Waals surface area contributed by atoms with Gasteiger partial charge in [0.15, 0.2) is 17.5 Å². The number of benzene rings is 9. The van der Waals surface area contributed by atoms with Gasteiger partial charge in [-0.25, -0.2) is 15.0 Å². The fraction of sp³-hybridized carbons (Fsp3) is 0. The summed E-state index contributed by atoms with van der Waals surface area (Å²) in [7, 11) is 0. The van der Waals surface area contributed by atoms with Gasteiger partial charge < -0.3 is 4.42 Å². The van der Waals surface area contributed by atoms with Crippen LogP contribution in [-0.2, 0) is 0 Å². The van der Waals surface area contributed by atoms with E-state index in [4.69, 9.17) is 19.4 Å². The first-order valence-corrected chi connectivity index (χ1v) is 20.2. The van der Waals surface area contributed by atoms with E-state index in [0.717, 1.165) is 60.7 Å². The minimum absolute atomic E-state index is 0.615. The molecule has 0 fully saturated rings. The summed E-state index contributed by atoms with van der Waals surface area (Å²) in [4.78, 5) is 15.7. The number of hydrogen-bond donors (Lipinski definition) is 0. The van der Waals surface area contributed by atoms with Gasteiger partial charge in [-0.15, -0.1) is 11.3 Å². The molecule has 0 atom stereocenters. The van der Waals surface area contributed by atoms with Gasteiger partial charge in [-0.1, -0.05) is 152 Å². The summed E-state index contributed by atoms with van der Waals surface area (Å²) < 4.78 is 9.04. The summed E-state index contributed by atoms with van der Waals surface area (Å²) >= 11 is 1.79. The molecule has 0 aliphatic rings. The molecule has 5 heteroatoms. The van der Waals surface area contributed by atoms with Gasteiger partial charge in [0.05, 0.1) is 0 Å². The molecule has 0 aliphatic heterocycles. The van der Waals surface area contributed by atoms with E-state index in [1.165, 1.54) is 41.9 Å². The van der Waals surface area contributed by atoms with E-state index in [1.807, 2.05) is 18.2 Å². The minimum Gasteiger partial charge on any atom is -0.456 e. The maximum absolute atomic E-state index is 6.59. The first-order valence-electron chi connectivity index (χ1n) is 19.4. The van der Waals surface area contributed by atoms with Crippen molar-refractivity contribution in [2.24, 2.45) is 0 Å². The number of furan rings is 1. The monoisotopic (exact) mass is 757 g/mol. The third-order valence-electron chi connectivity index (χ3n) is 11.3. The van der Waals surface area contributed by atoms with Crippen LogP contribution in [0.2, 0.25) is 0 Å². The van der Waals surface area contributed by atoms with Crippen LogP contribution in [0.5, 0.6) is 0 Å². The van der Waals surface area contributed by atoms with Crippen LogP contribution in [0, 0.1) is 0 Å². The Bertz CT molecular complexity index is 3590. The van der Waals surface area contributed by atoms with Crippen LogP contribution in [0.1, 0.15) is 0 Å². The molecule has 0 aliphatic carbocycles. The highest BCUT2D eigenvalue weighted by Gasteiger charge is 2.21. The highest BCUT2D eigenvalue weighted by Crippen LogP contribution is 2.44. The SMILES string of the molecule is c1ccc(-c2nc(-c3ccccc3-c3cccc4oc5ccc(-c6cc7ccccc7c7ccccc67)cc5c34)nc(-c3cccc4sc5ccccc5c34)n2)cc1. The molecule has 0 spiro atoms. The largest absolute Gasteiger partial charge is 0.456 e. The maximum atomic E-state index is 6.59. The van der Waals surface area contributed by atoms with Gasteiger partial charge in [0.1, 0.15) is 11.2 Å². The summed E-state index contributed by atoms with van der Waals surface area (Å²) in [5.41, 5.74) is 8.94. The van der Waals surface area contributed by atoms with E-state index in [1.54, 1.807) is 11.3 Å². The fourth-order valence-corrected chi connectivity index (χ4v) is 9.85. The molecule has 0 saturated carbocycles. The molecule has 270 valence electrons. The molecule has 9 aromatic carbocycles. The Morgan fingerprint density at radius 1 is 0.328 bits per heavy atom. The zero-order chi connectivity index (χ0) is 38.2. The molecule has 3 heterocycles. The van der Waals surface area contributed by atoms with Crippen LogP contribution in [0.25, 0.3) is 120 Å². The van der Waals surface area contributed by atoms with Crippen LogP contribution < -0.4 is 0 Å². The van der Waals surface area contributed by atoms with Crippen molar-refractivity contribution in [3.05, 3.63) is 188 Å². The molecule has 58 heavy (non-hydrogen) atoms. The molecule has 4 nitrogen and oxygen atoms in total. The zero-order valence-corrected chi connectivity index (χ0v) is 31.9. The van der Waals surface area contributed by atoms with Crippen molar-refractivity contribution in [2.75, 3.05) is 0 Å². The molecule has 12 rings (SSSR count). The van der Waals surface area contributed by atoms with Crippen LogP contribution in [0.15, 0.2) is 192 Å². The lowest BCUT2D eigenvalue weighted by atomic mass is 9.91.